The van der Waals surface area contributed by atoms with Crippen LogP contribution in [0.15, 0.2) is 6.33 Å². The predicted octanol–water partition coefficient (Wildman–Crippen LogP) is 2.19. The molecular formula is C12H23N3O. The summed E-state index contributed by atoms with van der Waals surface area (Å²) in [7, 11) is 1.71. The molecule has 0 atom stereocenters. The lowest BCUT2D eigenvalue weighted by Gasteiger charge is -2.24. The van der Waals surface area contributed by atoms with E-state index in [9.17, 15) is 0 Å². The quantitative estimate of drug-likeness (QED) is 0.858. The molecular weight excluding hydrogens is 202 g/mol. The molecule has 1 rings (SSSR count). The van der Waals surface area contributed by atoms with Crippen molar-refractivity contribution < 1.29 is 4.74 Å². The first-order valence-corrected chi connectivity index (χ1v) is 5.55. The number of methoxy groups -OCH3 is 1. The third-order valence-corrected chi connectivity index (χ3v) is 2.75. The summed E-state index contributed by atoms with van der Waals surface area (Å²) < 4.78 is 7.38. The lowest BCUT2D eigenvalue weighted by atomic mass is 10.0. The van der Waals surface area contributed by atoms with Crippen molar-refractivity contribution >= 4 is 5.82 Å². The number of nitrogen functional groups attached to an aromatic ring is 1. The zero-order valence-corrected chi connectivity index (χ0v) is 11.2. The van der Waals surface area contributed by atoms with E-state index in [-0.39, 0.29) is 11.1 Å². The highest BCUT2D eigenvalue weighted by molar-refractivity contribution is 5.38. The van der Waals surface area contributed by atoms with Crippen LogP contribution in [0.5, 0.6) is 0 Å². The van der Waals surface area contributed by atoms with Gasteiger partial charge in [-0.15, -0.1) is 0 Å². The molecule has 1 aromatic heterocycles. The van der Waals surface area contributed by atoms with Crippen LogP contribution in [-0.2, 0) is 16.7 Å². The Labute approximate surface area is 97.8 Å². The van der Waals surface area contributed by atoms with Crippen LogP contribution < -0.4 is 5.73 Å². The van der Waals surface area contributed by atoms with Crippen LogP contribution in [0.2, 0.25) is 0 Å². The van der Waals surface area contributed by atoms with Crippen LogP contribution in [0.3, 0.4) is 0 Å². The maximum Gasteiger partial charge on any atom is 0.127 e. The number of aromatic nitrogens is 2. The van der Waals surface area contributed by atoms with Crippen LogP contribution in [0.25, 0.3) is 0 Å². The first-order valence-electron chi connectivity index (χ1n) is 5.55. The summed E-state index contributed by atoms with van der Waals surface area (Å²) >= 11 is 0. The van der Waals surface area contributed by atoms with Gasteiger partial charge < -0.3 is 15.0 Å². The third kappa shape index (κ3) is 2.76. The molecule has 0 aliphatic heterocycles. The van der Waals surface area contributed by atoms with Gasteiger partial charge >= 0.3 is 0 Å². The van der Waals surface area contributed by atoms with Gasteiger partial charge in [-0.3, -0.25) is 0 Å². The number of imidazole rings is 1. The second-order valence-electron chi connectivity index (χ2n) is 5.76. The van der Waals surface area contributed by atoms with E-state index in [1.807, 2.05) is 18.4 Å². The minimum atomic E-state index is -0.231. The fourth-order valence-electron chi connectivity index (χ4n) is 1.54. The molecule has 0 radical (unpaired) electrons. The fraction of sp³-hybridized carbons (Fsp3) is 0.750. The molecule has 0 saturated carbocycles. The molecule has 0 aromatic carbocycles. The Bertz CT molecular complexity index is 361. The Morgan fingerprint density at radius 1 is 1.31 bits per heavy atom. The van der Waals surface area contributed by atoms with Crippen LogP contribution in [-0.4, -0.2) is 22.3 Å². The number of ether oxygens (including phenoxy) is 1. The smallest absolute Gasteiger partial charge is 0.127 e. The van der Waals surface area contributed by atoms with E-state index in [4.69, 9.17) is 10.5 Å². The van der Waals surface area contributed by atoms with E-state index in [1.165, 1.54) is 0 Å². The molecule has 0 fully saturated rings. The maximum atomic E-state index is 6.10. The number of hydrogen-bond acceptors (Lipinski definition) is 3. The Kier molecular flexibility index (Phi) is 3.33. The van der Waals surface area contributed by atoms with Crippen molar-refractivity contribution in [1.29, 1.82) is 0 Å². The minimum absolute atomic E-state index is 0.0352. The molecule has 0 spiro atoms. The third-order valence-electron chi connectivity index (χ3n) is 2.75. The molecule has 0 saturated heterocycles. The van der Waals surface area contributed by atoms with Crippen molar-refractivity contribution in [2.75, 3.05) is 12.8 Å². The molecule has 0 bridgehead atoms. The summed E-state index contributed by atoms with van der Waals surface area (Å²) in [5, 5.41) is 0. The van der Waals surface area contributed by atoms with Crippen LogP contribution in [0.1, 0.15) is 40.3 Å². The van der Waals surface area contributed by atoms with Crippen LogP contribution in [0, 0.1) is 0 Å². The first-order chi connectivity index (χ1) is 7.17. The van der Waals surface area contributed by atoms with Crippen LogP contribution in [0.4, 0.5) is 5.82 Å². The van der Waals surface area contributed by atoms with Gasteiger partial charge in [-0.05, 0) is 34.6 Å². The standard InChI is InChI=1S/C12H23N3O/c1-11(2,3)15-8-14-9(10(15)13)7-12(4,5)16-6/h8H,7,13H2,1-6H3. The highest BCUT2D eigenvalue weighted by Gasteiger charge is 2.24. The maximum absolute atomic E-state index is 6.10. The summed E-state index contributed by atoms with van der Waals surface area (Å²) in [6, 6.07) is 0. The van der Waals surface area contributed by atoms with Gasteiger partial charge in [-0.2, -0.15) is 0 Å². The Balaban J connectivity index is 2.98. The van der Waals surface area contributed by atoms with E-state index >= 15 is 0 Å². The SMILES string of the molecule is COC(C)(C)Cc1ncn(C(C)(C)C)c1N. The van der Waals surface area contributed by atoms with Crippen molar-refractivity contribution in [2.24, 2.45) is 0 Å². The minimum Gasteiger partial charge on any atom is -0.384 e. The average molecular weight is 225 g/mol. The molecule has 0 amide bonds. The van der Waals surface area contributed by atoms with Crippen molar-refractivity contribution in [2.45, 2.75) is 52.2 Å². The first kappa shape index (κ1) is 13.0. The number of anilines is 1. The predicted molar refractivity (Wildman–Crippen MR) is 66.4 cm³/mol. The molecule has 0 unspecified atom stereocenters. The van der Waals surface area contributed by atoms with Gasteiger partial charge in [-0.1, -0.05) is 0 Å². The summed E-state index contributed by atoms with van der Waals surface area (Å²) in [4.78, 5) is 4.37. The molecule has 4 heteroatoms. The summed E-state index contributed by atoms with van der Waals surface area (Å²) in [5.41, 5.74) is 6.73. The van der Waals surface area contributed by atoms with Gasteiger partial charge in [0.25, 0.3) is 0 Å². The molecule has 2 N–H and O–H groups in total. The van der Waals surface area contributed by atoms with Crippen LogP contribution >= 0.6 is 0 Å². The Morgan fingerprint density at radius 3 is 2.25 bits per heavy atom. The lowest BCUT2D eigenvalue weighted by Crippen LogP contribution is -2.27. The van der Waals surface area contributed by atoms with Crippen molar-refractivity contribution in [3.63, 3.8) is 0 Å². The Hall–Kier alpha value is -1.03. The van der Waals surface area contributed by atoms with E-state index in [0.717, 1.165) is 17.9 Å². The zero-order valence-electron chi connectivity index (χ0n) is 11.2. The highest BCUT2D eigenvalue weighted by atomic mass is 16.5. The second-order valence-corrected chi connectivity index (χ2v) is 5.76. The highest BCUT2D eigenvalue weighted by Crippen LogP contribution is 2.24. The van der Waals surface area contributed by atoms with Gasteiger partial charge in [-0.25, -0.2) is 4.98 Å². The van der Waals surface area contributed by atoms with Crippen molar-refractivity contribution in [3.05, 3.63) is 12.0 Å². The molecule has 0 aliphatic rings. The van der Waals surface area contributed by atoms with Crippen molar-refractivity contribution in [3.8, 4) is 0 Å². The van der Waals surface area contributed by atoms with Gasteiger partial charge in [0.15, 0.2) is 0 Å². The normalized spacial score (nSPS) is 13.1. The molecule has 4 nitrogen and oxygen atoms in total. The van der Waals surface area contributed by atoms with Gasteiger partial charge in [0, 0.05) is 19.1 Å². The van der Waals surface area contributed by atoms with E-state index < -0.39 is 0 Å². The van der Waals surface area contributed by atoms with Gasteiger partial charge in [0.2, 0.25) is 0 Å². The molecule has 92 valence electrons. The fourth-order valence-corrected chi connectivity index (χ4v) is 1.54. The lowest BCUT2D eigenvalue weighted by molar-refractivity contribution is 0.0226. The molecule has 0 aliphatic carbocycles. The zero-order chi connectivity index (χ0) is 12.6. The average Bonchev–Trinajstić information content (AvgIpc) is 2.47. The summed E-state index contributed by atoms with van der Waals surface area (Å²) in [6.07, 6.45) is 2.52. The summed E-state index contributed by atoms with van der Waals surface area (Å²) in [6.45, 7) is 10.4. The number of nitrogens with zero attached hydrogens (tertiary/aromatic N) is 2. The molecule has 16 heavy (non-hydrogen) atoms. The van der Waals surface area contributed by atoms with Gasteiger partial charge in [0.05, 0.1) is 17.6 Å². The monoisotopic (exact) mass is 225 g/mol. The number of nitrogens with two attached hydrogens (primary N) is 1. The Morgan fingerprint density at radius 2 is 1.88 bits per heavy atom. The molecule has 1 heterocycles. The summed E-state index contributed by atoms with van der Waals surface area (Å²) in [5.74, 6) is 0.734. The van der Waals surface area contributed by atoms with E-state index in [2.05, 4.69) is 25.8 Å². The second kappa shape index (κ2) is 4.09. The van der Waals surface area contributed by atoms with Gasteiger partial charge in [0.1, 0.15) is 5.82 Å². The molecule has 1 aromatic rings. The van der Waals surface area contributed by atoms with Crippen molar-refractivity contribution in [1.82, 2.24) is 9.55 Å². The number of hydrogen-bond donors (Lipinski definition) is 1. The van der Waals surface area contributed by atoms with E-state index in [0.29, 0.717) is 0 Å². The largest absolute Gasteiger partial charge is 0.384 e. The van der Waals surface area contributed by atoms with E-state index in [1.54, 1.807) is 13.4 Å². The number of rotatable bonds is 3. The topological polar surface area (TPSA) is 53.1 Å².